The molecule has 1 N–H and O–H groups in total. The minimum Gasteiger partial charge on any atom is -0.478 e. The quantitative estimate of drug-likeness (QED) is 0.195. The Bertz CT molecular complexity index is 1830. The van der Waals surface area contributed by atoms with Crippen molar-refractivity contribution in [2.24, 2.45) is 7.05 Å². The Kier molecular flexibility index (Phi) is 9.33. The number of carboxylic acids is 1. The fraction of sp³-hybridized carbons (Fsp3) is 0.375. The number of aromatic nitrogens is 4. The molecule has 1 aliphatic rings. The van der Waals surface area contributed by atoms with Gasteiger partial charge in [0.15, 0.2) is 0 Å². The van der Waals surface area contributed by atoms with Gasteiger partial charge in [0.1, 0.15) is 0 Å². The number of alkyl halides is 9. The van der Waals surface area contributed by atoms with Crippen molar-refractivity contribution >= 4 is 17.6 Å². The molecular formula is C32H29F9N6O2. The Balaban J connectivity index is 1.70. The van der Waals surface area contributed by atoms with Crippen LogP contribution >= 0.6 is 0 Å². The van der Waals surface area contributed by atoms with Gasteiger partial charge in [-0.05, 0) is 90.1 Å². The number of halogens is 9. The molecule has 0 bridgehead atoms. The van der Waals surface area contributed by atoms with Gasteiger partial charge < -0.3 is 14.9 Å². The van der Waals surface area contributed by atoms with Crippen LogP contribution in [0.25, 0.3) is 0 Å². The van der Waals surface area contributed by atoms with Crippen molar-refractivity contribution in [3.8, 4) is 0 Å². The van der Waals surface area contributed by atoms with Gasteiger partial charge in [-0.1, -0.05) is 23.3 Å². The fourth-order valence-electron chi connectivity index (χ4n) is 6.38. The lowest BCUT2D eigenvalue weighted by molar-refractivity contribution is -0.143. The summed E-state index contributed by atoms with van der Waals surface area (Å²) in [6.45, 7) is 2.18. The number of tetrazole rings is 1. The lowest BCUT2D eigenvalue weighted by atomic mass is 9.90. The lowest BCUT2D eigenvalue weighted by Crippen LogP contribution is -2.31. The molecule has 0 spiro atoms. The first kappa shape index (κ1) is 35.5. The molecule has 1 atom stereocenters. The molecule has 4 aromatic rings. The van der Waals surface area contributed by atoms with Crippen molar-refractivity contribution in [2.75, 3.05) is 16.3 Å². The predicted molar refractivity (Wildman–Crippen MR) is 159 cm³/mol. The van der Waals surface area contributed by atoms with E-state index in [1.807, 2.05) is 0 Å². The normalized spacial score (nSPS) is 15.6. The number of hydrogen-bond donors (Lipinski definition) is 1. The second-order valence-electron chi connectivity index (χ2n) is 11.8. The van der Waals surface area contributed by atoms with Gasteiger partial charge in [0.05, 0.1) is 35.3 Å². The number of rotatable bonds is 7. The zero-order valence-electron chi connectivity index (χ0n) is 26.2. The number of carboxylic acid groups (broad SMARTS) is 1. The number of carbonyl (C=O) groups is 1. The lowest BCUT2D eigenvalue weighted by Gasteiger charge is -2.34. The van der Waals surface area contributed by atoms with Crippen LogP contribution in [0, 0.1) is 13.8 Å². The van der Waals surface area contributed by atoms with Gasteiger partial charge in [0.25, 0.3) is 5.95 Å². The largest absolute Gasteiger partial charge is 0.478 e. The van der Waals surface area contributed by atoms with E-state index in [2.05, 4.69) is 15.4 Å². The highest BCUT2D eigenvalue weighted by molar-refractivity contribution is 5.87. The second kappa shape index (κ2) is 12.9. The fourth-order valence-corrected chi connectivity index (χ4v) is 6.38. The number of fused-ring (bicyclic) bond motifs is 1. The van der Waals surface area contributed by atoms with Crippen molar-refractivity contribution in [3.63, 3.8) is 0 Å². The summed E-state index contributed by atoms with van der Waals surface area (Å²) >= 11 is 0. The van der Waals surface area contributed by atoms with Gasteiger partial charge in [0.2, 0.25) is 0 Å². The summed E-state index contributed by atoms with van der Waals surface area (Å²) in [5.41, 5.74) is -3.70. The first-order chi connectivity index (χ1) is 22.7. The van der Waals surface area contributed by atoms with Crippen LogP contribution < -0.4 is 9.80 Å². The van der Waals surface area contributed by atoms with Gasteiger partial charge in [0, 0.05) is 25.3 Å². The highest BCUT2D eigenvalue weighted by Crippen LogP contribution is 2.47. The standard InChI is InChI=1S/C32H29F9N6O2/c1-17-10-24-25(47(29-42-44-45(3)43-29)16-20-12-22(30(33,34)35)14-23(13-20)31(36,37)38)8-5-9-46(27(24)18(2)26(17)32(39,40)41)15-19-6-4-7-21(11-19)28(48)49/h4,6-7,10-14,25H,5,8-9,15-16H2,1-3H3,(H,48,49). The maximum absolute atomic E-state index is 14.4. The van der Waals surface area contributed by atoms with Gasteiger partial charge in [-0.2, -0.15) is 44.3 Å². The van der Waals surface area contributed by atoms with E-state index >= 15 is 0 Å². The first-order valence-electron chi connectivity index (χ1n) is 14.8. The summed E-state index contributed by atoms with van der Waals surface area (Å²) in [7, 11) is 1.40. The van der Waals surface area contributed by atoms with Gasteiger partial charge >= 0.3 is 24.5 Å². The van der Waals surface area contributed by atoms with Crippen molar-refractivity contribution in [1.29, 1.82) is 0 Å². The van der Waals surface area contributed by atoms with Crippen LogP contribution in [0.4, 0.5) is 51.1 Å². The molecule has 2 heterocycles. The summed E-state index contributed by atoms with van der Waals surface area (Å²) in [6.07, 6.45) is -14.5. The van der Waals surface area contributed by atoms with Crippen LogP contribution in [0.5, 0.6) is 0 Å². The molecular weight excluding hydrogens is 671 g/mol. The molecule has 8 nitrogen and oxygen atoms in total. The molecule has 0 aliphatic carbocycles. The first-order valence-corrected chi connectivity index (χ1v) is 14.8. The third kappa shape index (κ3) is 7.59. The maximum Gasteiger partial charge on any atom is 0.416 e. The molecule has 49 heavy (non-hydrogen) atoms. The third-order valence-corrected chi connectivity index (χ3v) is 8.31. The highest BCUT2D eigenvalue weighted by Gasteiger charge is 2.41. The number of benzene rings is 3. The molecule has 1 aliphatic heterocycles. The zero-order valence-corrected chi connectivity index (χ0v) is 26.2. The van der Waals surface area contributed by atoms with Crippen molar-refractivity contribution in [2.45, 2.75) is 64.3 Å². The zero-order chi connectivity index (χ0) is 36.1. The Morgan fingerprint density at radius 3 is 2.12 bits per heavy atom. The molecule has 0 amide bonds. The van der Waals surface area contributed by atoms with Crippen LogP contribution in [0.1, 0.15) is 73.7 Å². The second-order valence-corrected chi connectivity index (χ2v) is 11.8. The molecule has 0 saturated heterocycles. The third-order valence-electron chi connectivity index (χ3n) is 8.31. The monoisotopic (exact) mass is 700 g/mol. The number of aromatic carboxylic acids is 1. The maximum atomic E-state index is 14.4. The Labute approximate surface area is 273 Å². The summed E-state index contributed by atoms with van der Waals surface area (Å²) < 4.78 is 126. The van der Waals surface area contributed by atoms with Gasteiger partial charge in [-0.25, -0.2) is 4.79 Å². The van der Waals surface area contributed by atoms with Crippen molar-refractivity contribution in [3.05, 3.63) is 98.6 Å². The predicted octanol–water partition coefficient (Wildman–Crippen LogP) is 8.13. The Morgan fingerprint density at radius 1 is 0.918 bits per heavy atom. The SMILES string of the molecule is Cc1cc2c(c(C)c1C(F)(F)F)N(Cc1cccc(C(=O)O)c1)CCCC2N(Cc1cc(C(F)(F)F)cc(C(F)(F)F)c1)c1nnn(C)n1. The summed E-state index contributed by atoms with van der Waals surface area (Å²) in [5, 5.41) is 21.4. The van der Waals surface area contributed by atoms with Crippen LogP contribution in [0.15, 0.2) is 48.5 Å². The van der Waals surface area contributed by atoms with Crippen LogP contribution in [0.3, 0.4) is 0 Å². The van der Waals surface area contributed by atoms with E-state index in [1.54, 1.807) is 11.0 Å². The van der Waals surface area contributed by atoms with Crippen molar-refractivity contribution < 1.29 is 49.4 Å². The molecule has 262 valence electrons. The van der Waals surface area contributed by atoms with Gasteiger partial charge in [-0.3, -0.25) is 0 Å². The topological polar surface area (TPSA) is 87.4 Å². The Morgan fingerprint density at radius 2 is 1.57 bits per heavy atom. The number of hydrogen-bond acceptors (Lipinski definition) is 6. The molecule has 5 rings (SSSR count). The minimum atomic E-state index is -5.11. The molecule has 1 aromatic heterocycles. The van der Waals surface area contributed by atoms with Crippen LogP contribution in [0.2, 0.25) is 0 Å². The molecule has 1 unspecified atom stereocenters. The van der Waals surface area contributed by atoms with Gasteiger partial charge in [-0.15, -0.1) is 5.10 Å². The smallest absolute Gasteiger partial charge is 0.416 e. The van der Waals surface area contributed by atoms with Crippen molar-refractivity contribution in [1.82, 2.24) is 20.2 Å². The molecule has 17 heteroatoms. The number of nitrogens with zero attached hydrogens (tertiary/aromatic N) is 6. The van der Waals surface area contributed by atoms with E-state index in [0.29, 0.717) is 29.7 Å². The van der Waals surface area contributed by atoms with E-state index in [4.69, 9.17) is 0 Å². The Hall–Kier alpha value is -4.83. The summed E-state index contributed by atoms with van der Waals surface area (Å²) in [4.78, 5) is 15.7. The number of anilines is 2. The van der Waals surface area contributed by atoms with E-state index < -0.39 is 53.8 Å². The average Bonchev–Trinajstić information content (AvgIpc) is 3.33. The molecule has 3 aromatic carbocycles. The van der Waals surface area contributed by atoms with E-state index in [0.717, 1.165) is 4.80 Å². The van der Waals surface area contributed by atoms with Crippen LogP contribution in [-0.2, 0) is 38.7 Å². The average molecular weight is 701 g/mol. The number of aryl methyl sites for hydroxylation is 2. The highest BCUT2D eigenvalue weighted by atomic mass is 19.4. The minimum absolute atomic E-state index is 0.00794. The van der Waals surface area contributed by atoms with E-state index in [-0.39, 0.29) is 59.5 Å². The molecule has 0 fully saturated rings. The van der Waals surface area contributed by atoms with E-state index in [9.17, 15) is 49.4 Å². The molecule has 0 radical (unpaired) electrons. The molecule has 0 saturated carbocycles. The van der Waals surface area contributed by atoms with E-state index in [1.165, 1.54) is 50.1 Å². The summed E-state index contributed by atoms with van der Waals surface area (Å²) in [6, 6.07) is 7.48. The van der Waals surface area contributed by atoms with Crippen LogP contribution in [-0.4, -0.2) is 37.8 Å². The summed E-state index contributed by atoms with van der Waals surface area (Å²) in [5.74, 6) is -1.36.